The zero-order valence-corrected chi connectivity index (χ0v) is 17.9. The van der Waals surface area contributed by atoms with Gasteiger partial charge in [0.05, 0.1) is 27.5 Å². The largest absolute Gasteiger partial charge is 0.496 e. The molecule has 1 aromatic carbocycles. The fourth-order valence-electron chi connectivity index (χ4n) is 3.99. The first kappa shape index (κ1) is 21.3. The van der Waals surface area contributed by atoms with Gasteiger partial charge in [-0.15, -0.1) is 0 Å². The molecule has 2 N–H and O–H groups in total. The van der Waals surface area contributed by atoms with Crippen LogP contribution in [-0.4, -0.2) is 38.7 Å². The van der Waals surface area contributed by atoms with Gasteiger partial charge in [-0.25, -0.2) is 0 Å². The first-order chi connectivity index (χ1) is 12.8. The van der Waals surface area contributed by atoms with E-state index < -0.39 is 0 Å². The van der Waals surface area contributed by atoms with Crippen molar-refractivity contribution in [2.24, 2.45) is 16.4 Å². The molecule has 0 heterocycles. The summed E-state index contributed by atoms with van der Waals surface area (Å²) in [5, 5.41) is 8.17. The Balaban J connectivity index is 1.99. The van der Waals surface area contributed by atoms with Gasteiger partial charge in [-0.3, -0.25) is 5.43 Å². The molecule has 1 aliphatic rings. The van der Waals surface area contributed by atoms with E-state index >= 15 is 0 Å². The molecular formula is C20H31N3O3S. The van der Waals surface area contributed by atoms with Crippen LogP contribution in [-0.2, 0) is 0 Å². The quantitative estimate of drug-likeness (QED) is 0.436. The van der Waals surface area contributed by atoms with Crippen LogP contribution in [0.2, 0.25) is 0 Å². The molecule has 150 valence electrons. The number of nitrogens with one attached hydrogen (secondary N) is 2. The van der Waals surface area contributed by atoms with Crippen molar-refractivity contribution in [1.82, 2.24) is 10.7 Å². The minimum atomic E-state index is 0.335. The van der Waals surface area contributed by atoms with Crippen LogP contribution >= 0.6 is 12.2 Å². The number of hydrazone groups is 1. The molecular weight excluding hydrogens is 362 g/mol. The van der Waals surface area contributed by atoms with Gasteiger partial charge in [-0.2, -0.15) is 5.10 Å². The minimum Gasteiger partial charge on any atom is -0.496 e. The predicted octanol–water partition coefficient (Wildman–Crippen LogP) is 3.73. The summed E-state index contributed by atoms with van der Waals surface area (Å²) in [6.07, 6.45) is 5.13. The highest BCUT2D eigenvalue weighted by Gasteiger charge is 2.32. The zero-order chi connectivity index (χ0) is 20.0. The number of thiocarbonyl (C=S) groups is 1. The lowest BCUT2D eigenvalue weighted by atomic mass is 9.71. The van der Waals surface area contributed by atoms with E-state index in [2.05, 4.69) is 36.6 Å². The van der Waals surface area contributed by atoms with Crippen molar-refractivity contribution in [2.45, 2.75) is 46.1 Å². The summed E-state index contributed by atoms with van der Waals surface area (Å²) >= 11 is 5.40. The van der Waals surface area contributed by atoms with Crippen LogP contribution < -0.4 is 25.0 Å². The van der Waals surface area contributed by atoms with Crippen molar-refractivity contribution in [3.8, 4) is 17.2 Å². The Morgan fingerprint density at radius 2 is 1.74 bits per heavy atom. The number of methoxy groups -OCH3 is 3. The summed E-state index contributed by atoms with van der Waals surface area (Å²) in [7, 11) is 4.78. The molecule has 7 heteroatoms. The van der Waals surface area contributed by atoms with Gasteiger partial charge in [0.1, 0.15) is 5.75 Å². The van der Waals surface area contributed by atoms with Crippen LogP contribution in [0.15, 0.2) is 17.2 Å². The van der Waals surface area contributed by atoms with Crippen molar-refractivity contribution in [1.29, 1.82) is 0 Å². The first-order valence-corrected chi connectivity index (χ1v) is 9.58. The third kappa shape index (κ3) is 5.99. The van der Waals surface area contributed by atoms with Crippen LogP contribution in [0.25, 0.3) is 0 Å². The lowest BCUT2D eigenvalue weighted by molar-refractivity contribution is 0.161. The SMILES string of the molecule is COc1cc(OC)c(OC)cc1/C=N\NC(=S)N[C@@H]1C[C@@H](C)CC(C)(C)C1. The van der Waals surface area contributed by atoms with Crippen molar-refractivity contribution < 1.29 is 14.2 Å². The smallest absolute Gasteiger partial charge is 0.187 e. The van der Waals surface area contributed by atoms with E-state index in [4.69, 9.17) is 26.4 Å². The van der Waals surface area contributed by atoms with Crippen molar-refractivity contribution >= 4 is 23.5 Å². The molecule has 2 rings (SSSR count). The average molecular weight is 394 g/mol. The fraction of sp³-hybridized carbons (Fsp3) is 0.600. The second-order valence-electron chi connectivity index (χ2n) is 7.90. The molecule has 1 fully saturated rings. The van der Waals surface area contributed by atoms with E-state index in [1.807, 2.05) is 6.07 Å². The maximum absolute atomic E-state index is 5.40. The number of nitrogens with zero attached hydrogens (tertiary/aromatic N) is 1. The van der Waals surface area contributed by atoms with Gasteiger partial charge in [0.2, 0.25) is 0 Å². The van der Waals surface area contributed by atoms with Gasteiger partial charge in [0.15, 0.2) is 16.6 Å². The molecule has 0 aromatic heterocycles. The number of ether oxygens (including phenoxy) is 3. The van der Waals surface area contributed by atoms with Gasteiger partial charge < -0.3 is 19.5 Å². The van der Waals surface area contributed by atoms with Gasteiger partial charge in [0, 0.05) is 17.7 Å². The Bertz CT molecular complexity index is 691. The van der Waals surface area contributed by atoms with Gasteiger partial charge in [0.25, 0.3) is 0 Å². The van der Waals surface area contributed by atoms with Crippen molar-refractivity contribution in [3.05, 3.63) is 17.7 Å². The standard InChI is InChI=1S/C20H31N3O3S/c1-13-7-15(11-20(2,3)10-13)22-19(27)23-21-12-14-8-17(25-5)18(26-6)9-16(14)24-4/h8-9,12-13,15H,7,10-11H2,1-6H3,(H2,22,23,27)/b21-12-/t13-,15-/m1/s1. The molecule has 0 bridgehead atoms. The molecule has 2 atom stereocenters. The Hall–Kier alpha value is -2.02. The number of rotatable bonds is 6. The van der Waals surface area contributed by atoms with Crippen molar-refractivity contribution in [3.63, 3.8) is 0 Å². The Morgan fingerprint density at radius 3 is 2.33 bits per heavy atom. The maximum atomic E-state index is 5.40. The third-order valence-corrected chi connectivity index (χ3v) is 5.04. The van der Waals surface area contributed by atoms with Crippen LogP contribution in [0.4, 0.5) is 0 Å². The predicted molar refractivity (Wildman–Crippen MR) is 113 cm³/mol. The van der Waals surface area contributed by atoms with E-state index in [1.165, 1.54) is 6.42 Å². The molecule has 0 aliphatic heterocycles. The molecule has 0 amide bonds. The molecule has 27 heavy (non-hydrogen) atoms. The fourth-order valence-corrected chi connectivity index (χ4v) is 4.21. The topological polar surface area (TPSA) is 64.1 Å². The van der Waals surface area contributed by atoms with Gasteiger partial charge in [-0.05, 0) is 48.9 Å². The average Bonchev–Trinajstić information content (AvgIpc) is 2.59. The summed E-state index contributed by atoms with van der Waals surface area (Å²) < 4.78 is 16.0. The van der Waals surface area contributed by atoms with Crippen LogP contribution in [0.3, 0.4) is 0 Å². The molecule has 0 spiro atoms. The monoisotopic (exact) mass is 393 g/mol. The summed E-state index contributed by atoms with van der Waals surface area (Å²) in [6.45, 7) is 6.93. The number of hydrogen-bond acceptors (Lipinski definition) is 5. The Kier molecular flexibility index (Phi) is 7.30. The van der Waals surface area contributed by atoms with E-state index in [0.717, 1.165) is 18.4 Å². The normalized spacial score (nSPS) is 21.6. The third-order valence-electron chi connectivity index (χ3n) is 4.83. The van der Waals surface area contributed by atoms with Crippen molar-refractivity contribution in [2.75, 3.05) is 21.3 Å². The minimum absolute atomic E-state index is 0.335. The molecule has 6 nitrogen and oxygen atoms in total. The lowest BCUT2D eigenvalue weighted by Gasteiger charge is -2.39. The molecule has 1 aromatic rings. The second-order valence-corrected chi connectivity index (χ2v) is 8.31. The highest BCUT2D eigenvalue weighted by atomic mass is 32.1. The van der Waals surface area contributed by atoms with Crippen LogP contribution in [0, 0.1) is 11.3 Å². The van der Waals surface area contributed by atoms with E-state index in [-0.39, 0.29) is 0 Å². The highest BCUT2D eigenvalue weighted by molar-refractivity contribution is 7.80. The van der Waals surface area contributed by atoms with Gasteiger partial charge in [-0.1, -0.05) is 20.8 Å². The zero-order valence-electron chi connectivity index (χ0n) is 17.1. The first-order valence-electron chi connectivity index (χ1n) is 9.17. The number of hydrogen-bond donors (Lipinski definition) is 2. The maximum Gasteiger partial charge on any atom is 0.187 e. The molecule has 0 radical (unpaired) electrons. The van der Waals surface area contributed by atoms with E-state index in [9.17, 15) is 0 Å². The lowest BCUT2D eigenvalue weighted by Crippen LogP contribution is -2.45. The Morgan fingerprint density at radius 1 is 1.11 bits per heavy atom. The van der Waals surface area contributed by atoms with E-state index in [1.54, 1.807) is 33.6 Å². The van der Waals surface area contributed by atoms with Gasteiger partial charge >= 0.3 is 0 Å². The molecule has 1 saturated carbocycles. The Labute approximate surface area is 167 Å². The summed E-state index contributed by atoms with van der Waals surface area (Å²) in [4.78, 5) is 0. The number of benzene rings is 1. The molecule has 1 aliphatic carbocycles. The second kappa shape index (κ2) is 9.26. The van der Waals surface area contributed by atoms with Crippen LogP contribution in [0.1, 0.15) is 45.6 Å². The highest BCUT2D eigenvalue weighted by Crippen LogP contribution is 2.38. The summed E-state index contributed by atoms with van der Waals surface area (Å²) in [6, 6.07) is 3.95. The summed E-state index contributed by atoms with van der Waals surface area (Å²) in [5.74, 6) is 2.54. The summed E-state index contributed by atoms with van der Waals surface area (Å²) in [5.41, 5.74) is 4.00. The van der Waals surface area contributed by atoms with Crippen LogP contribution in [0.5, 0.6) is 17.2 Å². The molecule has 0 saturated heterocycles. The molecule has 0 unspecified atom stereocenters. The van der Waals surface area contributed by atoms with E-state index in [0.29, 0.717) is 39.7 Å².